The third-order valence-electron chi connectivity index (χ3n) is 3.46. The van der Waals surface area contributed by atoms with Crippen molar-refractivity contribution >= 4 is 0 Å². The summed E-state index contributed by atoms with van der Waals surface area (Å²) >= 11 is 0. The van der Waals surface area contributed by atoms with Crippen LogP contribution in [0.4, 0.5) is 0 Å². The van der Waals surface area contributed by atoms with Crippen molar-refractivity contribution in [3.8, 4) is 0 Å². The van der Waals surface area contributed by atoms with Gasteiger partial charge < -0.3 is 5.73 Å². The van der Waals surface area contributed by atoms with E-state index in [2.05, 4.69) is 56.9 Å². The highest BCUT2D eigenvalue weighted by molar-refractivity contribution is 5.26. The van der Waals surface area contributed by atoms with Crippen molar-refractivity contribution in [3.05, 3.63) is 35.4 Å². The first kappa shape index (κ1) is 14.2. The van der Waals surface area contributed by atoms with Crippen LogP contribution >= 0.6 is 0 Å². The van der Waals surface area contributed by atoms with E-state index in [1.165, 1.54) is 11.1 Å². The van der Waals surface area contributed by atoms with Gasteiger partial charge in [-0.05, 0) is 30.5 Å². The zero-order chi connectivity index (χ0) is 12.8. The summed E-state index contributed by atoms with van der Waals surface area (Å²) in [4.78, 5) is 2.41. The predicted molar refractivity (Wildman–Crippen MR) is 75.2 cm³/mol. The molecule has 0 aliphatic carbocycles. The Morgan fingerprint density at radius 3 is 2.00 bits per heavy atom. The number of likely N-dealkylation sites (N-methyl/N-ethyl adjacent to an activating group) is 1. The highest BCUT2D eigenvalue weighted by Crippen LogP contribution is 2.22. The molecule has 1 atom stereocenters. The molecule has 0 bridgehead atoms. The standard InChI is InChI=1S/C15H26N2/c1-5-17(11-10-16)13(4)15-8-6-14(7-9-15)12(2)3/h6-9,12-13H,5,10-11,16H2,1-4H3. The minimum Gasteiger partial charge on any atom is -0.329 e. The molecule has 0 saturated heterocycles. The summed E-state index contributed by atoms with van der Waals surface area (Å²) in [7, 11) is 0. The first-order valence-electron chi connectivity index (χ1n) is 6.64. The quantitative estimate of drug-likeness (QED) is 0.819. The molecule has 0 fully saturated rings. The molecule has 0 spiro atoms. The topological polar surface area (TPSA) is 29.3 Å². The smallest absolute Gasteiger partial charge is 0.0320 e. The number of nitrogens with two attached hydrogens (primary N) is 1. The van der Waals surface area contributed by atoms with Gasteiger partial charge in [-0.3, -0.25) is 4.90 Å². The zero-order valence-corrected chi connectivity index (χ0v) is 11.6. The Morgan fingerprint density at radius 2 is 1.59 bits per heavy atom. The lowest BCUT2D eigenvalue weighted by atomic mass is 9.99. The van der Waals surface area contributed by atoms with Gasteiger partial charge in [0.2, 0.25) is 0 Å². The van der Waals surface area contributed by atoms with Crippen LogP contribution in [0.2, 0.25) is 0 Å². The lowest BCUT2D eigenvalue weighted by Gasteiger charge is -2.27. The summed E-state index contributed by atoms with van der Waals surface area (Å²) < 4.78 is 0. The van der Waals surface area contributed by atoms with E-state index in [1.807, 2.05) is 0 Å². The van der Waals surface area contributed by atoms with Gasteiger partial charge >= 0.3 is 0 Å². The second-order valence-corrected chi connectivity index (χ2v) is 4.91. The van der Waals surface area contributed by atoms with Gasteiger partial charge in [0.1, 0.15) is 0 Å². The molecule has 2 nitrogen and oxygen atoms in total. The van der Waals surface area contributed by atoms with E-state index in [0.717, 1.165) is 19.6 Å². The molecule has 0 amide bonds. The van der Waals surface area contributed by atoms with Gasteiger partial charge in [0, 0.05) is 19.1 Å². The van der Waals surface area contributed by atoms with E-state index in [9.17, 15) is 0 Å². The van der Waals surface area contributed by atoms with Crippen LogP contribution in [0.15, 0.2) is 24.3 Å². The minimum absolute atomic E-state index is 0.449. The third kappa shape index (κ3) is 3.83. The van der Waals surface area contributed by atoms with E-state index in [-0.39, 0.29) is 0 Å². The fraction of sp³-hybridized carbons (Fsp3) is 0.600. The molecule has 96 valence electrons. The Hall–Kier alpha value is -0.860. The van der Waals surface area contributed by atoms with Crippen molar-refractivity contribution in [1.29, 1.82) is 0 Å². The highest BCUT2D eigenvalue weighted by Gasteiger charge is 2.13. The van der Waals surface area contributed by atoms with Crippen LogP contribution in [-0.2, 0) is 0 Å². The first-order valence-corrected chi connectivity index (χ1v) is 6.64. The molecule has 2 heteroatoms. The molecule has 1 aromatic carbocycles. The number of nitrogens with zero attached hydrogens (tertiary/aromatic N) is 1. The second-order valence-electron chi connectivity index (χ2n) is 4.91. The van der Waals surface area contributed by atoms with Crippen molar-refractivity contribution < 1.29 is 0 Å². The molecule has 0 heterocycles. The average molecular weight is 234 g/mol. The van der Waals surface area contributed by atoms with Crippen molar-refractivity contribution in [2.24, 2.45) is 5.73 Å². The van der Waals surface area contributed by atoms with Crippen molar-refractivity contribution in [2.75, 3.05) is 19.6 Å². The van der Waals surface area contributed by atoms with Gasteiger partial charge in [-0.2, -0.15) is 0 Å². The number of hydrogen-bond donors (Lipinski definition) is 1. The fourth-order valence-electron chi connectivity index (χ4n) is 2.16. The first-order chi connectivity index (χ1) is 8.10. The lowest BCUT2D eigenvalue weighted by Crippen LogP contribution is -2.31. The van der Waals surface area contributed by atoms with E-state index in [0.29, 0.717) is 12.0 Å². The maximum atomic E-state index is 5.64. The molecule has 0 saturated carbocycles. The summed E-state index contributed by atoms with van der Waals surface area (Å²) in [6, 6.07) is 9.43. The Balaban J connectivity index is 2.77. The Kier molecular flexibility index (Phi) is 5.66. The van der Waals surface area contributed by atoms with E-state index in [4.69, 9.17) is 5.73 Å². The molecular weight excluding hydrogens is 208 g/mol. The minimum atomic E-state index is 0.449. The maximum Gasteiger partial charge on any atom is 0.0320 e. The molecular formula is C15H26N2. The second kappa shape index (κ2) is 6.77. The summed E-state index contributed by atoms with van der Waals surface area (Å²) in [5.41, 5.74) is 8.43. The van der Waals surface area contributed by atoms with Crippen LogP contribution in [0.1, 0.15) is 50.8 Å². The van der Waals surface area contributed by atoms with Crippen LogP contribution in [0.25, 0.3) is 0 Å². The van der Waals surface area contributed by atoms with E-state index in [1.54, 1.807) is 0 Å². The summed E-state index contributed by atoms with van der Waals surface area (Å²) in [6.45, 7) is 11.6. The third-order valence-corrected chi connectivity index (χ3v) is 3.46. The molecule has 0 aliphatic heterocycles. The molecule has 0 aliphatic rings. The number of rotatable bonds is 6. The van der Waals surface area contributed by atoms with Crippen LogP contribution in [0.3, 0.4) is 0 Å². The molecule has 1 aromatic rings. The largest absolute Gasteiger partial charge is 0.329 e. The monoisotopic (exact) mass is 234 g/mol. The van der Waals surface area contributed by atoms with Crippen molar-refractivity contribution in [3.63, 3.8) is 0 Å². The van der Waals surface area contributed by atoms with Gasteiger partial charge in [-0.25, -0.2) is 0 Å². The van der Waals surface area contributed by atoms with Gasteiger partial charge in [0.15, 0.2) is 0 Å². The molecule has 1 unspecified atom stereocenters. The summed E-state index contributed by atoms with van der Waals surface area (Å²) in [5, 5.41) is 0. The van der Waals surface area contributed by atoms with Gasteiger partial charge in [-0.15, -0.1) is 0 Å². The Labute approximate surface area is 106 Å². The van der Waals surface area contributed by atoms with Crippen molar-refractivity contribution in [2.45, 2.75) is 39.7 Å². The molecule has 17 heavy (non-hydrogen) atoms. The van der Waals surface area contributed by atoms with Crippen LogP contribution in [-0.4, -0.2) is 24.5 Å². The van der Waals surface area contributed by atoms with Gasteiger partial charge in [0.05, 0.1) is 0 Å². The molecule has 2 N–H and O–H groups in total. The van der Waals surface area contributed by atoms with Crippen LogP contribution < -0.4 is 5.73 Å². The Bertz CT molecular complexity index is 316. The maximum absolute atomic E-state index is 5.64. The van der Waals surface area contributed by atoms with E-state index >= 15 is 0 Å². The highest BCUT2D eigenvalue weighted by atomic mass is 15.1. The average Bonchev–Trinajstić information content (AvgIpc) is 2.35. The molecule has 0 radical (unpaired) electrons. The lowest BCUT2D eigenvalue weighted by molar-refractivity contribution is 0.228. The van der Waals surface area contributed by atoms with Gasteiger partial charge in [0.25, 0.3) is 0 Å². The van der Waals surface area contributed by atoms with Crippen LogP contribution in [0, 0.1) is 0 Å². The SMILES string of the molecule is CCN(CCN)C(C)c1ccc(C(C)C)cc1. The molecule has 1 rings (SSSR count). The Morgan fingerprint density at radius 1 is 1.06 bits per heavy atom. The normalized spacial score (nSPS) is 13.4. The van der Waals surface area contributed by atoms with Crippen molar-refractivity contribution in [1.82, 2.24) is 4.90 Å². The predicted octanol–water partition coefficient (Wildman–Crippen LogP) is 3.15. The van der Waals surface area contributed by atoms with Crippen LogP contribution in [0.5, 0.6) is 0 Å². The zero-order valence-electron chi connectivity index (χ0n) is 11.6. The molecule has 0 aromatic heterocycles. The summed E-state index contributed by atoms with van der Waals surface area (Å²) in [5.74, 6) is 0.602. The number of hydrogen-bond acceptors (Lipinski definition) is 2. The van der Waals surface area contributed by atoms with Gasteiger partial charge in [-0.1, -0.05) is 45.0 Å². The fourth-order valence-corrected chi connectivity index (χ4v) is 2.16. The van der Waals surface area contributed by atoms with E-state index < -0.39 is 0 Å². The number of benzene rings is 1. The summed E-state index contributed by atoms with van der Waals surface area (Å²) in [6.07, 6.45) is 0.